The molecule has 1 atom stereocenters. The number of piperidine rings is 1. The quantitative estimate of drug-likeness (QED) is 0.870. The highest BCUT2D eigenvalue weighted by Gasteiger charge is 2.28. The molecule has 1 aliphatic heterocycles. The van der Waals surface area contributed by atoms with Gasteiger partial charge in [-0.25, -0.2) is 9.97 Å². The van der Waals surface area contributed by atoms with E-state index in [1.807, 2.05) is 36.2 Å². The van der Waals surface area contributed by atoms with Crippen LogP contribution in [0.15, 0.2) is 48.8 Å². The van der Waals surface area contributed by atoms with Gasteiger partial charge in [-0.1, -0.05) is 30.3 Å². The summed E-state index contributed by atoms with van der Waals surface area (Å²) in [6.45, 7) is 2.26. The summed E-state index contributed by atoms with van der Waals surface area (Å²) in [4.78, 5) is 25.3. The molecular formula is C18H22N4O. The minimum atomic E-state index is 0.0151. The second-order valence-electron chi connectivity index (χ2n) is 6.01. The van der Waals surface area contributed by atoms with Gasteiger partial charge >= 0.3 is 0 Å². The van der Waals surface area contributed by atoms with Gasteiger partial charge in [0.25, 0.3) is 0 Å². The van der Waals surface area contributed by atoms with E-state index in [4.69, 9.17) is 0 Å². The Bertz CT molecular complexity index is 632. The third-order valence-electron chi connectivity index (χ3n) is 4.24. The summed E-state index contributed by atoms with van der Waals surface area (Å²) in [6.07, 6.45) is 5.42. The van der Waals surface area contributed by atoms with Crippen molar-refractivity contribution < 1.29 is 4.79 Å². The van der Waals surface area contributed by atoms with Crippen molar-refractivity contribution in [2.75, 3.05) is 25.0 Å². The molecule has 120 valence electrons. The maximum Gasteiger partial charge on any atom is 0.227 e. The molecule has 5 heteroatoms. The zero-order valence-corrected chi connectivity index (χ0v) is 13.4. The zero-order valence-electron chi connectivity index (χ0n) is 13.4. The number of hydrogen-bond donors (Lipinski definition) is 0. The van der Waals surface area contributed by atoms with Crippen LogP contribution in [0.1, 0.15) is 18.4 Å². The molecule has 1 aliphatic rings. The van der Waals surface area contributed by atoms with Gasteiger partial charge in [0.2, 0.25) is 11.9 Å². The van der Waals surface area contributed by atoms with Crippen LogP contribution >= 0.6 is 0 Å². The van der Waals surface area contributed by atoms with E-state index in [9.17, 15) is 4.79 Å². The number of carbonyl (C=O) groups is 1. The van der Waals surface area contributed by atoms with Crippen LogP contribution in [-0.2, 0) is 11.3 Å². The standard InChI is InChI=1S/C18H22N4O/c1-21(13-15-7-3-2-4-8-15)17(23)16-9-5-12-22(14-16)18-19-10-6-11-20-18/h2-4,6-8,10-11,16H,5,9,12-14H2,1H3. The number of aromatic nitrogens is 2. The van der Waals surface area contributed by atoms with Crippen molar-refractivity contribution in [2.24, 2.45) is 5.92 Å². The van der Waals surface area contributed by atoms with Crippen molar-refractivity contribution in [1.82, 2.24) is 14.9 Å². The average molecular weight is 310 g/mol. The normalized spacial score (nSPS) is 17.8. The molecule has 23 heavy (non-hydrogen) atoms. The zero-order chi connectivity index (χ0) is 16.1. The van der Waals surface area contributed by atoms with Crippen molar-refractivity contribution in [3.8, 4) is 0 Å². The Morgan fingerprint density at radius 1 is 1.22 bits per heavy atom. The summed E-state index contributed by atoms with van der Waals surface area (Å²) < 4.78 is 0. The van der Waals surface area contributed by atoms with Gasteiger partial charge in [0.15, 0.2) is 0 Å². The first-order valence-corrected chi connectivity index (χ1v) is 8.05. The van der Waals surface area contributed by atoms with Crippen LogP contribution in [0.2, 0.25) is 0 Å². The summed E-state index contributed by atoms with van der Waals surface area (Å²) >= 11 is 0. The molecule has 0 saturated carbocycles. The summed E-state index contributed by atoms with van der Waals surface area (Å²) in [7, 11) is 1.88. The van der Waals surface area contributed by atoms with Gasteiger partial charge in [0, 0.05) is 39.1 Å². The van der Waals surface area contributed by atoms with E-state index in [2.05, 4.69) is 27.0 Å². The molecule has 3 rings (SSSR count). The minimum Gasteiger partial charge on any atom is -0.341 e. The fraction of sp³-hybridized carbons (Fsp3) is 0.389. The number of benzene rings is 1. The molecule has 2 heterocycles. The van der Waals surface area contributed by atoms with Crippen molar-refractivity contribution in [1.29, 1.82) is 0 Å². The third-order valence-corrected chi connectivity index (χ3v) is 4.24. The maximum atomic E-state index is 12.7. The monoisotopic (exact) mass is 310 g/mol. The van der Waals surface area contributed by atoms with Gasteiger partial charge in [0.1, 0.15) is 0 Å². The lowest BCUT2D eigenvalue weighted by Crippen LogP contribution is -2.44. The largest absolute Gasteiger partial charge is 0.341 e. The molecule has 0 aliphatic carbocycles. The Balaban J connectivity index is 1.62. The third kappa shape index (κ3) is 3.86. The van der Waals surface area contributed by atoms with Crippen LogP contribution in [0.25, 0.3) is 0 Å². The van der Waals surface area contributed by atoms with Gasteiger partial charge in [0.05, 0.1) is 5.92 Å². The second kappa shape index (κ2) is 7.22. The Morgan fingerprint density at radius 3 is 2.70 bits per heavy atom. The molecule has 1 unspecified atom stereocenters. The Kier molecular flexibility index (Phi) is 4.86. The summed E-state index contributed by atoms with van der Waals surface area (Å²) in [5.74, 6) is 0.937. The van der Waals surface area contributed by atoms with Crippen LogP contribution in [-0.4, -0.2) is 40.9 Å². The second-order valence-corrected chi connectivity index (χ2v) is 6.01. The van der Waals surface area contributed by atoms with Crippen LogP contribution in [0.4, 0.5) is 5.95 Å². The van der Waals surface area contributed by atoms with Gasteiger partial charge < -0.3 is 9.80 Å². The fourth-order valence-corrected chi connectivity index (χ4v) is 3.06. The van der Waals surface area contributed by atoms with E-state index in [0.29, 0.717) is 13.1 Å². The molecule has 1 aromatic heterocycles. The Morgan fingerprint density at radius 2 is 1.96 bits per heavy atom. The number of amides is 1. The van der Waals surface area contributed by atoms with Crippen LogP contribution in [0.3, 0.4) is 0 Å². The minimum absolute atomic E-state index is 0.0151. The van der Waals surface area contributed by atoms with E-state index < -0.39 is 0 Å². The van der Waals surface area contributed by atoms with E-state index >= 15 is 0 Å². The SMILES string of the molecule is CN(Cc1ccccc1)C(=O)C1CCCN(c2ncccn2)C1. The molecule has 0 radical (unpaired) electrons. The van der Waals surface area contributed by atoms with Gasteiger partial charge in [-0.3, -0.25) is 4.79 Å². The first kappa shape index (κ1) is 15.5. The fourth-order valence-electron chi connectivity index (χ4n) is 3.06. The summed E-state index contributed by atoms with van der Waals surface area (Å²) in [5.41, 5.74) is 1.16. The first-order chi connectivity index (χ1) is 11.2. The van der Waals surface area contributed by atoms with Crippen molar-refractivity contribution in [3.05, 3.63) is 54.4 Å². The molecule has 0 bridgehead atoms. The average Bonchev–Trinajstić information content (AvgIpc) is 2.63. The topological polar surface area (TPSA) is 49.3 Å². The molecular weight excluding hydrogens is 288 g/mol. The predicted molar refractivity (Wildman–Crippen MR) is 89.9 cm³/mol. The van der Waals surface area contributed by atoms with Crippen LogP contribution in [0, 0.1) is 5.92 Å². The molecule has 0 spiro atoms. The smallest absolute Gasteiger partial charge is 0.227 e. The molecule has 5 nitrogen and oxygen atoms in total. The lowest BCUT2D eigenvalue weighted by Gasteiger charge is -2.34. The number of nitrogens with zero attached hydrogens (tertiary/aromatic N) is 4. The highest BCUT2D eigenvalue weighted by atomic mass is 16.2. The Labute approximate surface area is 137 Å². The van der Waals surface area contributed by atoms with Crippen molar-refractivity contribution in [3.63, 3.8) is 0 Å². The predicted octanol–water partition coefficient (Wildman–Crippen LogP) is 2.35. The van der Waals surface area contributed by atoms with E-state index in [1.54, 1.807) is 12.4 Å². The molecule has 1 aromatic carbocycles. The highest BCUT2D eigenvalue weighted by molar-refractivity contribution is 5.79. The van der Waals surface area contributed by atoms with Gasteiger partial charge in [-0.05, 0) is 24.5 Å². The molecule has 1 saturated heterocycles. The highest BCUT2D eigenvalue weighted by Crippen LogP contribution is 2.22. The van der Waals surface area contributed by atoms with Crippen LogP contribution < -0.4 is 4.90 Å². The lowest BCUT2D eigenvalue weighted by molar-refractivity contribution is -0.135. The molecule has 0 N–H and O–H groups in total. The van der Waals surface area contributed by atoms with Gasteiger partial charge in [-0.2, -0.15) is 0 Å². The molecule has 1 amide bonds. The summed E-state index contributed by atoms with van der Waals surface area (Å²) in [5, 5.41) is 0. The van der Waals surface area contributed by atoms with Crippen LogP contribution in [0.5, 0.6) is 0 Å². The number of anilines is 1. The lowest BCUT2D eigenvalue weighted by atomic mass is 9.96. The van der Waals surface area contributed by atoms with E-state index in [-0.39, 0.29) is 11.8 Å². The number of rotatable bonds is 4. The molecule has 2 aromatic rings. The Hall–Kier alpha value is -2.43. The maximum absolute atomic E-state index is 12.7. The molecule has 1 fully saturated rings. The number of hydrogen-bond acceptors (Lipinski definition) is 4. The van der Waals surface area contributed by atoms with Crippen molar-refractivity contribution in [2.45, 2.75) is 19.4 Å². The van der Waals surface area contributed by atoms with Crippen molar-refractivity contribution >= 4 is 11.9 Å². The van der Waals surface area contributed by atoms with Gasteiger partial charge in [-0.15, -0.1) is 0 Å². The number of carbonyl (C=O) groups excluding carboxylic acids is 1. The first-order valence-electron chi connectivity index (χ1n) is 8.05. The van der Waals surface area contributed by atoms with E-state index in [1.165, 1.54) is 0 Å². The van der Waals surface area contributed by atoms with E-state index in [0.717, 1.165) is 30.9 Å². The summed E-state index contributed by atoms with van der Waals surface area (Å²) in [6, 6.07) is 11.9.